The smallest absolute Gasteiger partial charge is 0.124 e. The lowest BCUT2D eigenvalue weighted by Gasteiger charge is -2.23. The molecule has 0 saturated heterocycles. The first-order valence-electron chi connectivity index (χ1n) is 6.26. The van der Waals surface area contributed by atoms with Gasteiger partial charge in [-0.3, -0.25) is 0 Å². The fourth-order valence-corrected chi connectivity index (χ4v) is 2.81. The van der Waals surface area contributed by atoms with Gasteiger partial charge in [-0.2, -0.15) is 0 Å². The Kier molecular flexibility index (Phi) is 4.55. The third-order valence-corrected chi connectivity index (χ3v) is 3.44. The molecule has 2 aromatic rings. The Bertz CT molecular complexity index is 591. The van der Waals surface area contributed by atoms with E-state index in [4.69, 9.17) is 0 Å². The van der Waals surface area contributed by atoms with Crippen molar-refractivity contribution in [1.82, 2.24) is 0 Å². The van der Waals surface area contributed by atoms with Gasteiger partial charge in [0.05, 0.1) is 5.60 Å². The topological polar surface area (TPSA) is 20.2 Å². The third kappa shape index (κ3) is 4.39. The van der Waals surface area contributed by atoms with E-state index in [1.165, 1.54) is 24.3 Å². The van der Waals surface area contributed by atoms with Crippen molar-refractivity contribution >= 4 is 15.9 Å². The van der Waals surface area contributed by atoms with Gasteiger partial charge in [0, 0.05) is 17.3 Å². The second-order valence-corrected chi connectivity index (χ2v) is 6.17. The zero-order valence-electron chi connectivity index (χ0n) is 11.0. The third-order valence-electron chi connectivity index (χ3n) is 2.98. The SMILES string of the molecule is CC(O)(Cc1cccc(F)c1)Cc1cc(F)cc(Br)c1. The van der Waals surface area contributed by atoms with Crippen LogP contribution in [0.4, 0.5) is 8.78 Å². The van der Waals surface area contributed by atoms with E-state index in [0.29, 0.717) is 28.4 Å². The van der Waals surface area contributed by atoms with Crippen molar-refractivity contribution in [3.05, 3.63) is 69.7 Å². The summed E-state index contributed by atoms with van der Waals surface area (Å²) in [5.74, 6) is -0.678. The number of benzene rings is 2. The lowest BCUT2D eigenvalue weighted by Crippen LogP contribution is -2.30. The molecule has 0 heterocycles. The number of hydrogen-bond donors (Lipinski definition) is 1. The van der Waals surface area contributed by atoms with E-state index >= 15 is 0 Å². The number of hydrogen-bond acceptors (Lipinski definition) is 1. The molecule has 0 amide bonds. The molecule has 1 unspecified atom stereocenters. The van der Waals surface area contributed by atoms with Crippen LogP contribution in [-0.2, 0) is 12.8 Å². The highest BCUT2D eigenvalue weighted by atomic mass is 79.9. The molecule has 4 heteroatoms. The summed E-state index contributed by atoms with van der Waals surface area (Å²) in [5, 5.41) is 10.4. The molecule has 0 fully saturated rings. The largest absolute Gasteiger partial charge is 0.389 e. The average molecular weight is 341 g/mol. The minimum absolute atomic E-state index is 0.292. The van der Waals surface area contributed by atoms with Crippen molar-refractivity contribution in [3.63, 3.8) is 0 Å². The predicted molar refractivity (Wildman–Crippen MR) is 78.5 cm³/mol. The Morgan fingerprint density at radius 3 is 2.30 bits per heavy atom. The van der Waals surface area contributed by atoms with Crippen molar-refractivity contribution in [2.24, 2.45) is 0 Å². The molecule has 0 saturated carbocycles. The monoisotopic (exact) mass is 340 g/mol. The minimum atomic E-state index is -1.07. The average Bonchev–Trinajstić information content (AvgIpc) is 2.25. The molecule has 1 atom stereocenters. The molecule has 106 valence electrons. The summed E-state index contributed by atoms with van der Waals surface area (Å²) in [6.45, 7) is 1.66. The summed E-state index contributed by atoms with van der Waals surface area (Å²) in [5.41, 5.74) is 0.338. The van der Waals surface area contributed by atoms with Crippen molar-refractivity contribution < 1.29 is 13.9 Å². The Hall–Kier alpha value is -1.26. The first-order valence-corrected chi connectivity index (χ1v) is 7.05. The van der Waals surface area contributed by atoms with Gasteiger partial charge in [0.1, 0.15) is 11.6 Å². The highest BCUT2D eigenvalue weighted by molar-refractivity contribution is 9.10. The maximum Gasteiger partial charge on any atom is 0.124 e. The molecule has 0 aliphatic carbocycles. The fourth-order valence-electron chi connectivity index (χ4n) is 2.30. The molecule has 0 radical (unpaired) electrons. The molecule has 20 heavy (non-hydrogen) atoms. The summed E-state index contributed by atoms with van der Waals surface area (Å²) in [6, 6.07) is 10.7. The Labute approximate surface area is 125 Å². The Morgan fingerprint density at radius 2 is 1.65 bits per heavy atom. The highest BCUT2D eigenvalue weighted by Crippen LogP contribution is 2.22. The van der Waals surface area contributed by atoms with Crippen LogP contribution in [0.25, 0.3) is 0 Å². The van der Waals surface area contributed by atoms with Crippen LogP contribution in [0.1, 0.15) is 18.1 Å². The summed E-state index contributed by atoms with van der Waals surface area (Å²) in [6.07, 6.45) is 0.596. The molecule has 2 rings (SSSR count). The fraction of sp³-hybridized carbons (Fsp3) is 0.250. The number of aliphatic hydroxyl groups is 1. The van der Waals surface area contributed by atoms with E-state index in [-0.39, 0.29) is 11.6 Å². The van der Waals surface area contributed by atoms with E-state index in [0.717, 1.165) is 0 Å². The highest BCUT2D eigenvalue weighted by Gasteiger charge is 2.22. The first kappa shape index (κ1) is 15.1. The van der Waals surface area contributed by atoms with Crippen LogP contribution in [0.5, 0.6) is 0 Å². The van der Waals surface area contributed by atoms with Gasteiger partial charge in [-0.05, 0) is 48.4 Å². The molecule has 0 aromatic heterocycles. The molecule has 0 aliphatic rings. The van der Waals surface area contributed by atoms with Crippen molar-refractivity contribution in [2.45, 2.75) is 25.4 Å². The summed E-state index contributed by atoms with van der Waals surface area (Å²) in [7, 11) is 0. The molecular formula is C16H15BrF2O. The second kappa shape index (κ2) is 6.02. The van der Waals surface area contributed by atoms with Crippen molar-refractivity contribution in [1.29, 1.82) is 0 Å². The van der Waals surface area contributed by atoms with Crippen LogP contribution < -0.4 is 0 Å². The molecule has 0 spiro atoms. The van der Waals surface area contributed by atoms with Gasteiger partial charge >= 0.3 is 0 Å². The standard InChI is InChI=1S/C16H15BrF2O/c1-16(20,9-11-3-2-4-14(18)6-11)10-12-5-13(17)8-15(19)7-12/h2-8,20H,9-10H2,1H3. The summed E-state index contributed by atoms with van der Waals surface area (Å²) in [4.78, 5) is 0. The maximum absolute atomic E-state index is 13.3. The van der Waals surface area contributed by atoms with E-state index in [1.54, 1.807) is 25.1 Å². The molecule has 0 bridgehead atoms. The quantitative estimate of drug-likeness (QED) is 0.881. The zero-order valence-corrected chi connectivity index (χ0v) is 12.6. The maximum atomic E-state index is 13.3. The van der Waals surface area contributed by atoms with E-state index in [2.05, 4.69) is 15.9 Å². The molecule has 1 N–H and O–H groups in total. The second-order valence-electron chi connectivity index (χ2n) is 5.26. The van der Waals surface area contributed by atoms with Crippen molar-refractivity contribution in [2.75, 3.05) is 0 Å². The van der Waals surface area contributed by atoms with Gasteiger partial charge < -0.3 is 5.11 Å². The van der Waals surface area contributed by atoms with Crippen molar-refractivity contribution in [3.8, 4) is 0 Å². The van der Waals surface area contributed by atoms with Crippen LogP contribution in [0.2, 0.25) is 0 Å². The minimum Gasteiger partial charge on any atom is -0.389 e. The van der Waals surface area contributed by atoms with E-state index < -0.39 is 5.60 Å². The zero-order chi connectivity index (χ0) is 14.8. The van der Waals surface area contributed by atoms with Crippen LogP contribution in [0.15, 0.2) is 46.9 Å². The first-order chi connectivity index (χ1) is 9.34. The summed E-state index contributed by atoms with van der Waals surface area (Å²) >= 11 is 3.23. The van der Waals surface area contributed by atoms with Crippen LogP contribution >= 0.6 is 15.9 Å². The Morgan fingerprint density at radius 1 is 1.00 bits per heavy atom. The number of rotatable bonds is 4. The predicted octanol–water partition coefficient (Wildman–Crippen LogP) is 4.26. The van der Waals surface area contributed by atoms with Gasteiger partial charge in [-0.25, -0.2) is 8.78 Å². The lowest BCUT2D eigenvalue weighted by molar-refractivity contribution is 0.0607. The van der Waals surface area contributed by atoms with Crippen LogP contribution in [-0.4, -0.2) is 10.7 Å². The van der Waals surface area contributed by atoms with E-state index in [9.17, 15) is 13.9 Å². The Balaban J connectivity index is 2.14. The molecule has 1 nitrogen and oxygen atoms in total. The van der Waals surface area contributed by atoms with Gasteiger partial charge in [-0.1, -0.05) is 28.1 Å². The van der Waals surface area contributed by atoms with E-state index in [1.807, 2.05) is 0 Å². The molecule has 0 aliphatic heterocycles. The van der Waals surface area contributed by atoms with Gasteiger partial charge in [0.25, 0.3) is 0 Å². The number of halogens is 3. The molecule has 2 aromatic carbocycles. The van der Waals surface area contributed by atoms with Crippen LogP contribution in [0, 0.1) is 11.6 Å². The lowest BCUT2D eigenvalue weighted by atomic mass is 9.90. The van der Waals surface area contributed by atoms with Gasteiger partial charge in [0.2, 0.25) is 0 Å². The molecular weight excluding hydrogens is 326 g/mol. The summed E-state index contributed by atoms with van der Waals surface area (Å²) < 4.78 is 27.1. The van der Waals surface area contributed by atoms with Crippen LogP contribution in [0.3, 0.4) is 0 Å². The normalized spacial score (nSPS) is 14.1. The van der Waals surface area contributed by atoms with Gasteiger partial charge in [0.15, 0.2) is 0 Å². The van der Waals surface area contributed by atoms with Gasteiger partial charge in [-0.15, -0.1) is 0 Å².